The highest BCUT2D eigenvalue weighted by molar-refractivity contribution is 6.11. The molecule has 3 aromatic rings. The van der Waals surface area contributed by atoms with E-state index in [9.17, 15) is 22.8 Å². The molecule has 0 saturated heterocycles. The van der Waals surface area contributed by atoms with E-state index in [1.165, 1.54) is 42.6 Å². The number of primary amides is 1. The molecule has 1 heterocycles. The monoisotopic (exact) mass is 400 g/mol. The zero-order valence-electron chi connectivity index (χ0n) is 14.8. The van der Waals surface area contributed by atoms with Crippen molar-refractivity contribution in [1.29, 1.82) is 0 Å². The minimum atomic E-state index is -4.50. The van der Waals surface area contributed by atoms with Crippen LogP contribution in [-0.4, -0.2) is 16.8 Å². The second-order valence-electron chi connectivity index (χ2n) is 5.97. The van der Waals surface area contributed by atoms with E-state index in [-0.39, 0.29) is 28.3 Å². The largest absolute Gasteiger partial charge is 0.416 e. The SMILES string of the molecule is NC(=O)c1ccccc1NC(=O)c1cccnc1Nc1cccc(C(F)(F)F)c1. The number of rotatable bonds is 5. The second-order valence-corrected chi connectivity index (χ2v) is 5.97. The molecule has 0 aliphatic rings. The average Bonchev–Trinajstić information content (AvgIpc) is 2.68. The molecule has 0 radical (unpaired) electrons. The molecule has 0 aliphatic heterocycles. The zero-order valence-corrected chi connectivity index (χ0v) is 14.8. The number of nitrogens with zero attached hydrogens (tertiary/aromatic N) is 1. The summed E-state index contributed by atoms with van der Waals surface area (Å²) in [6.45, 7) is 0. The van der Waals surface area contributed by atoms with Gasteiger partial charge in [0.2, 0.25) is 0 Å². The Morgan fingerprint density at radius 2 is 1.66 bits per heavy atom. The molecule has 0 spiro atoms. The molecule has 29 heavy (non-hydrogen) atoms. The molecule has 0 atom stereocenters. The maximum absolute atomic E-state index is 12.9. The van der Waals surface area contributed by atoms with E-state index in [4.69, 9.17) is 5.73 Å². The van der Waals surface area contributed by atoms with Crippen LogP contribution in [0.3, 0.4) is 0 Å². The summed E-state index contributed by atoms with van der Waals surface area (Å²) in [7, 11) is 0. The lowest BCUT2D eigenvalue weighted by Crippen LogP contribution is -2.19. The summed E-state index contributed by atoms with van der Waals surface area (Å²) in [6.07, 6.45) is -3.11. The standard InChI is InChI=1S/C20H15F3N4O2/c21-20(22,23)12-5-3-6-13(11-12)26-18-15(8-4-10-25-18)19(29)27-16-9-2-1-7-14(16)17(24)28/h1-11H,(H2,24,28)(H,25,26)(H,27,29). The zero-order chi connectivity index (χ0) is 21.0. The van der Waals surface area contributed by atoms with Crippen LogP contribution in [0.4, 0.5) is 30.4 Å². The predicted molar refractivity (Wildman–Crippen MR) is 102 cm³/mol. The van der Waals surface area contributed by atoms with E-state index >= 15 is 0 Å². The number of carbonyl (C=O) groups excluding carboxylic acids is 2. The van der Waals surface area contributed by atoms with E-state index in [0.717, 1.165) is 12.1 Å². The van der Waals surface area contributed by atoms with E-state index in [2.05, 4.69) is 15.6 Å². The number of carbonyl (C=O) groups is 2. The van der Waals surface area contributed by atoms with E-state index in [1.807, 2.05) is 0 Å². The summed E-state index contributed by atoms with van der Waals surface area (Å²) in [4.78, 5) is 28.3. The van der Waals surface area contributed by atoms with E-state index < -0.39 is 23.6 Å². The summed E-state index contributed by atoms with van der Waals surface area (Å²) in [5.41, 5.74) is 4.99. The Balaban J connectivity index is 1.88. The highest BCUT2D eigenvalue weighted by Crippen LogP contribution is 2.31. The van der Waals surface area contributed by atoms with Crippen molar-refractivity contribution in [3.05, 3.63) is 83.6 Å². The van der Waals surface area contributed by atoms with Gasteiger partial charge in [0.05, 0.1) is 22.4 Å². The fourth-order valence-electron chi connectivity index (χ4n) is 2.59. The third-order valence-electron chi connectivity index (χ3n) is 3.95. The maximum atomic E-state index is 12.9. The number of nitrogens with two attached hydrogens (primary N) is 1. The number of hydrogen-bond acceptors (Lipinski definition) is 4. The first-order valence-electron chi connectivity index (χ1n) is 8.35. The van der Waals surface area contributed by atoms with Crippen LogP contribution in [0.2, 0.25) is 0 Å². The van der Waals surface area contributed by atoms with Gasteiger partial charge in [0.25, 0.3) is 11.8 Å². The summed E-state index contributed by atoms with van der Waals surface area (Å²) in [5, 5.41) is 5.30. The van der Waals surface area contributed by atoms with Crippen molar-refractivity contribution in [3.8, 4) is 0 Å². The minimum Gasteiger partial charge on any atom is -0.366 e. The number of anilines is 3. The van der Waals surface area contributed by atoms with Gasteiger partial charge < -0.3 is 16.4 Å². The molecule has 2 aromatic carbocycles. The van der Waals surface area contributed by atoms with Crippen molar-refractivity contribution < 1.29 is 22.8 Å². The highest BCUT2D eigenvalue weighted by atomic mass is 19.4. The summed E-state index contributed by atoms with van der Waals surface area (Å²) >= 11 is 0. The number of nitrogens with one attached hydrogen (secondary N) is 2. The molecule has 0 bridgehead atoms. The third kappa shape index (κ3) is 4.70. The molecular weight excluding hydrogens is 385 g/mol. The fourth-order valence-corrected chi connectivity index (χ4v) is 2.59. The molecule has 0 saturated carbocycles. The van der Waals surface area contributed by atoms with Gasteiger partial charge in [0.1, 0.15) is 5.82 Å². The van der Waals surface area contributed by atoms with E-state index in [0.29, 0.717) is 0 Å². The van der Waals surface area contributed by atoms with Gasteiger partial charge >= 0.3 is 6.18 Å². The smallest absolute Gasteiger partial charge is 0.366 e. The predicted octanol–water partition coefficient (Wildman–Crippen LogP) is 4.20. The van der Waals surface area contributed by atoms with Gasteiger partial charge in [-0.25, -0.2) is 4.98 Å². The second kappa shape index (κ2) is 8.01. The fraction of sp³-hybridized carbons (Fsp3) is 0.0500. The lowest BCUT2D eigenvalue weighted by Gasteiger charge is -2.14. The van der Waals surface area contributed by atoms with Crippen LogP contribution in [0.1, 0.15) is 26.3 Å². The van der Waals surface area contributed by atoms with Crippen LogP contribution in [-0.2, 0) is 6.18 Å². The Morgan fingerprint density at radius 3 is 2.38 bits per heavy atom. The number of alkyl halides is 3. The van der Waals surface area contributed by atoms with Gasteiger partial charge in [-0.05, 0) is 42.5 Å². The number of para-hydroxylation sites is 1. The van der Waals surface area contributed by atoms with E-state index in [1.54, 1.807) is 12.1 Å². The Labute approximate surface area is 163 Å². The van der Waals surface area contributed by atoms with Gasteiger partial charge in [-0.3, -0.25) is 9.59 Å². The number of aromatic nitrogens is 1. The molecule has 3 rings (SSSR count). The molecule has 2 amide bonds. The van der Waals surface area contributed by atoms with Crippen LogP contribution in [0.5, 0.6) is 0 Å². The number of halogens is 3. The molecular formula is C20H15F3N4O2. The molecule has 0 fully saturated rings. The van der Waals surface area contributed by atoms with Gasteiger partial charge in [-0.1, -0.05) is 18.2 Å². The third-order valence-corrected chi connectivity index (χ3v) is 3.95. The molecule has 0 unspecified atom stereocenters. The number of pyridine rings is 1. The maximum Gasteiger partial charge on any atom is 0.416 e. The van der Waals surface area contributed by atoms with Crippen LogP contribution in [0.15, 0.2) is 66.9 Å². The van der Waals surface area contributed by atoms with Gasteiger partial charge in [0.15, 0.2) is 0 Å². The van der Waals surface area contributed by atoms with Gasteiger partial charge in [-0.15, -0.1) is 0 Å². The number of hydrogen-bond donors (Lipinski definition) is 3. The Hall–Kier alpha value is -3.88. The topological polar surface area (TPSA) is 97.1 Å². The Bertz CT molecular complexity index is 1070. The van der Waals surface area contributed by atoms with Crippen molar-refractivity contribution in [2.45, 2.75) is 6.18 Å². The lowest BCUT2D eigenvalue weighted by molar-refractivity contribution is -0.137. The number of amides is 2. The summed E-state index contributed by atoms with van der Waals surface area (Å²) in [6, 6.07) is 13.7. The molecule has 1 aromatic heterocycles. The molecule has 0 aliphatic carbocycles. The van der Waals surface area contributed by atoms with Crippen LogP contribution < -0.4 is 16.4 Å². The molecule has 9 heteroatoms. The molecule has 148 valence electrons. The number of benzene rings is 2. The Morgan fingerprint density at radius 1 is 0.931 bits per heavy atom. The first kappa shape index (κ1) is 19.9. The quantitative estimate of drug-likeness (QED) is 0.598. The lowest BCUT2D eigenvalue weighted by atomic mass is 10.1. The van der Waals surface area contributed by atoms with Crippen molar-refractivity contribution >= 4 is 29.0 Å². The highest BCUT2D eigenvalue weighted by Gasteiger charge is 2.30. The normalized spacial score (nSPS) is 11.0. The average molecular weight is 400 g/mol. The van der Waals surface area contributed by atoms with Crippen molar-refractivity contribution in [1.82, 2.24) is 4.98 Å². The summed E-state index contributed by atoms with van der Waals surface area (Å²) < 4.78 is 38.7. The van der Waals surface area contributed by atoms with Crippen LogP contribution in [0, 0.1) is 0 Å². The van der Waals surface area contributed by atoms with Gasteiger partial charge in [0, 0.05) is 11.9 Å². The first-order valence-corrected chi connectivity index (χ1v) is 8.35. The molecule has 6 nitrogen and oxygen atoms in total. The molecule has 4 N–H and O–H groups in total. The van der Waals surface area contributed by atoms with Crippen molar-refractivity contribution in [3.63, 3.8) is 0 Å². The minimum absolute atomic E-state index is 0.0564. The van der Waals surface area contributed by atoms with Crippen LogP contribution in [0.25, 0.3) is 0 Å². The van der Waals surface area contributed by atoms with Crippen molar-refractivity contribution in [2.24, 2.45) is 5.73 Å². The Kier molecular flexibility index (Phi) is 5.49. The summed E-state index contributed by atoms with van der Waals surface area (Å²) in [5.74, 6) is -1.27. The van der Waals surface area contributed by atoms with Gasteiger partial charge in [-0.2, -0.15) is 13.2 Å². The first-order chi connectivity index (χ1) is 13.8. The van der Waals surface area contributed by atoms with Crippen molar-refractivity contribution in [2.75, 3.05) is 10.6 Å². The van der Waals surface area contributed by atoms with Crippen LogP contribution >= 0.6 is 0 Å².